The largest absolute Gasteiger partial charge is 0.321 e. The number of carbonyl (C=O) groups excluding carboxylic acids is 1. The van der Waals surface area contributed by atoms with E-state index in [0.29, 0.717) is 10.7 Å². The van der Waals surface area contributed by atoms with E-state index < -0.39 is 0 Å². The minimum absolute atomic E-state index is 0.279. The number of imidazole rings is 1. The fraction of sp³-hybridized carbons (Fsp3) is 0. The zero-order valence-corrected chi connectivity index (χ0v) is 13.9. The van der Waals surface area contributed by atoms with Crippen molar-refractivity contribution in [2.45, 2.75) is 0 Å². The molecule has 7 heteroatoms. The molecule has 1 N–H and O–H groups in total. The Morgan fingerprint density at radius 1 is 1.21 bits per heavy atom. The smallest absolute Gasteiger partial charge is 0.274 e. The van der Waals surface area contributed by atoms with Crippen LogP contribution in [0.15, 0.2) is 60.4 Å². The number of amides is 1. The third-order valence-corrected chi connectivity index (χ3v) is 4.49. The number of nitrogens with one attached hydrogen (secondary N) is 1. The van der Waals surface area contributed by atoms with Crippen LogP contribution in [-0.4, -0.2) is 20.3 Å². The summed E-state index contributed by atoms with van der Waals surface area (Å²) in [6.45, 7) is 0. The van der Waals surface area contributed by atoms with E-state index in [4.69, 9.17) is 11.6 Å². The lowest BCUT2D eigenvalue weighted by atomic mass is 10.1. The summed E-state index contributed by atoms with van der Waals surface area (Å²) < 4.78 is 1.99. The Bertz CT molecular complexity index is 994. The molecule has 1 amide bonds. The highest BCUT2D eigenvalue weighted by molar-refractivity contribution is 7.15. The summed E-state index contributed by atoms with van der Waals surface area (Å²) in [5.41, 5.74) is 2.86. The third-order valence-electron chi connectivity index (χ3n) is 3.49. The number of rotatable bonds is 3. The van der Waals surface area contributed by atoms with Gasteiger partial charge in [-0.25, -0.2) is 4.98 Å². The third kappa shape index (κ3) is 2.89. The summed E-state index contributed by atoms with van der Waals surface area (Å²) >= 11 is 7.47. The van der Waals surface area contributed by atoms with Gasteiger partial charge in [0.25, 0.3) is 5.91 Å². The van der Waals surface area contributed by atoms with Crippen LogP contribution in [0.4, 0.5) is 5.69 Å². The van der Waals surface area contributed by atoms with Crippen molar-refractivity contribution in [1.29, 1.82) is 0 Å². The number of benzene rings is 1. The van der Waals surface area contributed by atoms with Gasteiger partial charge < -0.3 is 5.32 Å². The lowest BCUT2D eigenvalue weighted by Gasteiger charge is -2.05. The van der Waals surface area contributed by atoms with E-state index in [2.05, 4.69) is 15.3 Å². The number of pyridine rings is 1. The number of hydrogen-bond donors (Lipinski definition) is 1. The predicted octanol–water partition coefficient (Wildman–Crippen LogP) is 4.36. The molecule has 118 valence electrons. The molecule has 4 rings (SSSR count). The van der Waals surface area contributed by atoms with Gasteiger partial charge in [-0.15, -0.1) is 11.3 Å². The zero-order chi connectivity index (χ0) is 16.5. The molecule has 0 atom stereocenters. The van der Waals surface area contributed by atoms with Crippen molar-refractivity contribution in [2.75, 3.05) is 5.32 Å². The standard InChI is InChI=1S/C17H11ClN4OS/c18-12-5-6-19-14(9-12)16(23)20-13-3-1-11(2-4-13)15-10-22-7-8-24-17(22)21-15/h1-10H,(H,20,23). The number of nitrogens with zero attached hydrogens (tertiary/aromatic N) is 3. The second-order valence-corrected chi connectivity index (χ2v) is 6.42. The molecule has 0 aliphatic rings. The van der Waals surface area contributed by atoms with E-state index in [1.807, 2.05) is 46.4 Å². The Morgan fingerprint density at radius 2 is 2.04 bits per heavy atom. The molecule has 1 aromatic carbocycles. The van der Waals surface area contributed by atoms with Gasteiger partial charge >= 0.3 is 0 Å². The maximum Gasteiger partial charge on any atom is 0.274 e. The van der Waals surface area contributed by atoms with Gasteiger partial charge in [-0.05, 0) is 24.3 Å². The number of hydrogen-bond acceptors (Lipinski definition) is 4. The summed E-state index contributed by atoms with van der Waals surface area (Å²) in [6, 6.07) is 10.7. The predicted molar refractivity (Wildman–Crippen MR) is 95.7 cm³/mol. The Morgan fingerprint density at radius 3 is 2.79 bits per heavy atom. The Hall–Kier alpha value is -2.70. The van der Waals surface area contributed by atoms with Gasteiger partial charge in [-0.2, -0.15) is 0 Å². The van der Waals surface area contributed by atoms with E-state index in [9.17, 15) is 4.79 Å². The van der Waals surface area contributed by atoms with E-state index in [0.717, 1.165) is 16.2 Å². The lowest BCUT2D eigenvalue weighted by Crippen LogP contribution is -2.13. The number of anilines is 1. The van der Waals surface area contributed by atoms with Crippen LogP contribution < -0.4 is 5.32 Å². The summed E-state index contributed by atoms with van der Waals surface area (Å²) in [5.74, 6) is -0.298. The van der Waals surface area contributed by atoms with Crippen LogP contribution >= 0.6 is 22.9 Å². The number of aromatic nitrogens is 3. The summed E-state index contributed by atoms with van der Waals surface area (Å²) in [6.07, 6.45) is 5.46. The molecule has 5 nitrogen and oxygen atoms in total. The quantitative estimate of drug-likeness (QED) is 0.594. The maximum atomic E-state index is 12.2. The van der Waals surface area contributed by atoms with Gasteiger partial charge in [0.1, 0.15) is 5.69 Å². The van der Waals surface area contributed by atoms with Gasteiger partial charge in [-0.3, -0.25) is 14.2 Å². The van der Waals surface area contributed by atoms with Crippen molar-refractivity contribution in [2.24, 2.45) is 0 Å². The lowest BCUT2D eigenvalue weighted by molar-refractivity contribution is 0.102. The van der Waals surface area contributed by atoms with E-state index >= 15 is 0 Å². The fourth-order valence-electron chi connectivity index (χ4n) is 2.31. The zero-order valence-electron chi connectivity index (χ0n) is 12.3. The fourth-order valence-corrected chi connectivity index (χ4v) is 3.17. The van der Waals surface area contributed by atoms with Crippen LogP contribution in [0.5, 0.6) is 0 Å². The number of thiazole rings is 1. The molecule has 24 heavy (non-hydrogen) atoms. The molecule has 0 fully saturated rings. The molecular formula is C17H11ClN4OS. The van der Waals surface area contributed by atoms with Crippen LogP contribution in [-0.2, 0) is 0 Å². The normalized spacial score (nSPS) is 10.9. The van der Waals surface area contributed by atoms with E-state index in [1.54, 1.807) is 17.4 Å². The molecule has 3 heterocycles. The summed E-state index contributed by atoms with van der Waals surface area (Å²) in [5, 5.41) is 5.27. The van der Waals surface area contributed by atoms with Crippen LogP contribution in [0.3, 0.4) is 0 Å². The molecule has 0 aliphatic heterocycles. The molecule has 0 spiro atoms. The van der Waals surface area contributed by atoms with Crippen molar-refractivity contribution in [3.63, 3.8) is 0 Å². The number of fused-ring (bicyclic) bond motifs is 1. The summed E-state index contributed by atoms with van der Waals surface area (Å²) in [7, 11) is 0. The van der Waals surface area contributed by atoms with E-state index in [1.165, 1.54) is 12.3 Å². The second kappa shape index (κ2) is 6.07. The van der Waals surface area contributed by atoms with Crippen LogP contribution in [0.25, 0.3) is 16.2 Å². The van der Waals surface area contributed by atoms with Crippen molar-refractivity contribution in [3.05, 3.63) is 71.1 Å². The highest BCUT2D eigenvalue weighted by atomic mass is 35.5. The minimum atomic E-state index is -0.298. The molecule has 0 bridgehead atoms. The van der Waals surface area contributed by atoms with Crippen LogP contribution in [0.1, 0.15) is 10.5 Å². The van der Waals surface area contributed by atoms with Gasteiger partial charge in [0.15, 0.2) is 4.96 Å². The van der Waals surface area contributed by atoms with Crippen molar-refractivity contribution in [1.82, 2.24) is 14.4 Å². The first-order valence-corrected chi connectivity index (χ1v) is 8.40. The van der Waals surface area contributed by atoms with Gasteiger partial charge in [0.05, 0.1) is 5.69 Å². The summed E-state index contributed by atoms with van der Waals surface area (Å²) in [4.78, 5) is 21.7. The maximum absolute atomic E-state index is 12.2. The Balaban J connectivity index is 1.53. The van der Waals surface area contributed by atoms with Crippen LogP contribution in [0.2, 0.25) is 5.02 Å². The number of carbonyl (C=O) groups is 1. The first-order valence-electron chi connectivity index (χ1n) is 7.14. The van der Waals surface area contributed by atoms with E-state index in [-0.39, 0.29) is 11.6 Å². The van der Waals surface area contributed by atoms with Crippen molar-refractivity contribution >= 4 is 39.5 Å². The minimum Gasteiger partial charge on any atom is -0.321 e. The topological polar surface area (TPSA) is 59.3 Å². The monoisotopic (exact) mass is 354 g/mol. The molecular weight excluding hydrogens is 344 g/mol. The molecule has 0 aliphatic carbocycles. The first-order chi connectivity index (χ1) is 11.7. The molecule has 0 saturated heterocycles. The molecule has 4 aromatic rings. The second-order valence-electron chi connectivity index (χ2n) is 5.11. The van der Waals surface area contributed by atoms with Crippen LogP contribution in [0, 0.1) is 0 Å². The SMILES string of the molecule is O=C(Nc1ccc(-c2cn3ccsc3n2)cc1)c1cc(Cl)ccn1. The average Bonchev–Trinajstić information content (AvgIpc) is 3.17. The van der Waals surface area contributed by atoms with Gasteiger partial charge in [-0.1, -0.05) is 23.7 Å². The Kier molecular flexibility index (Phi) is 3.76. The first kappa shape index (κ1) is 14.9. The van der Waals surface area contributed by atoms with Gasteiger partial charge in [0.2, 0.25) is 0 Å². The molecule has 0 unspecified atom stereocenters. The molecule has 0 saturated carbocycles. The Labute approximate surface area is 146 Å². The van der Waals surface area contributed by atoms with Crippen molar-refractivity contribution in [3.8, 4) is 11.3 Å². The highest BCUT2D eigenvalue weighted by Gasteiger charge is 2.09. The molecule has 0 radical (unpaired) electrons. The van der Waals surface area contributed by atoms with Gasteiger partial charge in [0, 0.05) is 40.2 Å². The number of halogens is 1. The van der Waals surface area contributed by atoms with Crippen molar-refractivity contribution < 1.29 is 4.79 Å². The average molecular weight is 355 g/mol. The highest BCUT2D eigenvalue weighted by Crippen LogP contribution is 2.23. The molecule has 3 aromatic heterocycles.